The Morgan fingerprint density at radius 1 is 1.20 bits per heavy atom. The number of nitrogens with one attached hydrogen (secondary N) is 1. The van der Waals surface area contributed by atoms with E-state index in [1.807, 2.05) is 32.0 Å². The Bertz CT molecular complexity index is 1620. The number of fused-ring (bicyclic) bond motifs is 3. The summed E-state index contributed by atoms with van der Waals surface area (Å²) in [5, 5.41) is 7.27. The van der Waals surface area contributed by atoms with E-state index in [9.17, 15) is 14.0 Å². The summed E-state index contributed by atoms with van der Waals surface area (Å²) in [5.41, 5.74) is 2.15. The lowest BCUT2D eigenvalue weighted by Gasteiger charge is -2.10. The van der Waals surface area contributed by atoms with E-state index in [0.29, 0.717) is 29.2 Å². The van der Waals surface area contributed by atoms with Crippen LogP contribution in [0, 0.1) is 12.7 Å². The maximum absolute atomic E-state index is 14.0. The van der Waals surface area contributed by atoms with Crippen LogP contribution < -0.4 is 10.9 Å². The molecule has 2 aromatic carbocycles. The van der Waals surface area contributed by atoms with Crippen LogP contribution in [0.25, 0.3) is 21.9 Å². The van der Waals surface area contributed by atoms with Gasteiger partial charge in [-0.15, -0.1) is 0 Å². The van der Waals surface area contributed by atoms with Gasteiger partial charge >= 0.3 is 0 Å². The first-order valence-corrected chi connectivity index (χ1v) is 11.3. The average Bonchev–Trinajstić information content (AvgIpc) is 3.40. The van der Waals surface area contributed by atoms with E-state index in [-0.39, 0.29) is 29.9 Å². The molecular weight excluding hydrogens is 451 g/mol. The van der Waals surface area contributed by atoms with Crippen molar-refractivity contribution < 1.29 is 13.7 Å². The number of rotatable bonds is 7. The second kappa shape index (κ2) is 9.13. The Balaban J connectivity index is 1.57. The van der Waals surface area contributed by atoms with Crippen molar-refractivity contribution in [3.63, 3.8) is 0 Å². The first kappa shape index (κ1) is 22.5. The molecule has 10 heteroatoms. The number of para-hydroxylation sites is 1. The zero-order chi connectivity index (χ0) is 24.5. The fourth-order valence-electron chi connectivity index (χ4n) is 4.11. The molecule has 9 nitrogen and oxygen atoms in total. The number of nitrogens with zero attached hydrogens (tertiary/aromatic N) is 5. The molecule has 1 N–H and O–H groups in total. The average molecular weight is 474 g/mol. The molecule has 0 saturated heterocycles. The van der Waals surface area contributed by atoms with Gasteiger partial charge in [-0.3, -0.25) is 14.2 Å². The van der Waals surface area contributed by atoms with Gasteiger partial charge in [-0.1, -0.05) is 35.8 Å². The number of halogens is 1. The lowest BCUT2D eigenvalue weighted by molar-refractivity contribution is -0.116. The van der Waals surface area contributed by atoms with Crippen LogP contribution in [0.2, 0.25) is 0 Å². The number of carbonyl (C=O) groups is 1. The van der Waals surface area contributed by atoms with Crippen LogP contribution in [-0.2, 0) is 24.3 Å². The highest BCUT2D eigenvalue weighted by molar-refractivity contribution is 6.06. The number of benzene rings is 2. The molecule has 0 saturated carbocycles. The number of aryl methyl sites for hydroxylation is 2. The van der Waals surface area contributed by atoms with Gasteiger partial charge in [-0.05, 0) is 37.6 Å². The van der Waals surface area contributed by atoms with Gasteiger partial charge in [-0.2, -0.15) is 4.98 Å². The molecule has 0 bridgehead atoms. The number of hydrogen-bond donors (Lipinski definition) is 1. The summed E-state index contributed by atoms with van der Waals surface area (Å²) in [6.45, 7) is 3.82. The third-order valence-electron chi connectivity index (χ3n) is 5.72. The third-order valence-corrected chi connectivity index (χ3v) is 5.72. The molecule has 0 aliphatic heterocycles. The number of amides is 1. The number of carbonyl (C=O) groups excluding carboxylic acids is 1. The molecule has 0 aliphatic rings. The minimum atomic E-state index is -0.537. The van der Waals surface area contributed by atoms with Crippen LogP contribution in [0.5, 0.6) is 0 Å². The van der Waals surface area contributed by atoms with E-state index in [1.165, 1.54) is 23.0 Å². The van der Waals surface area contributed by atoms with Gasteiger partial charge in [0.25, 0.3) is 5.56 Å². The number of aromatic nitrogens is 5. The first-order valence-electron chi connectivity index (χ1n) is 11.3. The molecule has 35 heavy (non-hydrogen) atoms. The lowest BCUT2D eigenvalue weighted by Crippen LogP contribution is -2.25. The van der Waals surface area contributed by atoms with Gasteiger partial charge in [0, 0.05) is 11.8 Å². The Hall–Kier alpha value is -4.34. The van der Waals surface area contributed by atoms with Crippen LogP contribution in [0.3, 0.4) is 0 Å². The second-order valence-corrected chi connectivity index (χ2v) is 8.36. The summed E-state index contributed by atoms with van der Waals surface area (Å²) < 4.78 is 22.3. The fourth-order valence-corrected chi connectivity index (χ4v) is 4.11. The fraction of sp³-hybridized carbons (Fsp3) is 0.240. The Kier molecular flexibility index (Phi) is 5.86. The van der Waals surface area contributed by atoms with Crippen LogP contribution in [0.1, 0.15) is 30.6 Å². The quantitative estimate of drug-likeness (QED) is 0.384. The molecule has 0 radical (unpaired) electrons. The smallest absolute Gasteiger partial charge is 0.278 e. The molecule has 0 fully saturated rings. The third kappa shape index (κ3) is 4.30. The van der Waals surface area contributed by atoms with Crippen molar-refractivity contribution in [1.82, 2.24) is 24.3 Å². The summed E-state index contributed by atoms with van der Waals surface area (Å²) in [6.07, 6.45) is 3.00. The zero-order valence-electron chi connectivity index (χ0n) is 19.3. The zero-order valence-corrected chi connectivity index (χ0v) is 19.3. The largest absolute Gasteiger partial charge is 0.337 e. The van der Waals surface area contributed by atoms with Crippen molar-refractivity contribution in [2.45, 2.75) is 39.8 Å². The predicted molar refractivity (Wildman–Crippen MR) is 129 cm³/mol. The highest BCUT2D eigenvalue weighted by Crippen LogP contribution is 2.27. The highest BCUT2D eigenvalue weighted by Gasteiger charge is 2.20. The van der Waals surface area contributed by atoms with Crippen molar-refractivity contribution in [3.8, 4) is 0 Å². The van der Waals surface area contributed by atoms with Gasteiger partial charge in [0.15, 0.2) is 5.82 Å². The topological polar surface area (TPSA) is 108 Å². The second-order valence-electron chi connectivity index (χ2n) is 8.36. The van der Waals surface area contributed by atoms with Gasteiger partial charge in [0.05, 0.1) is 17.5 Å². The molecule has 3 heterocycles. The molecule has 0 atom stereocenters. The minimum absolute atomic E-state index is 0.0560. The van der Waals surface area contributed by atoms with Crippen molar-refractivity contribution in [2.75, 3.05) is 5.32 Å². The van der Waals surface area contributed by atoms with Crippen LogP contribution in [0.15, 0.2) is 58.1 Å². The molecule has 0 unspecified atom stereocenters. The predicted octanol–water partition coefficient (Wildman–Crippen LogP) is 3.82. The lowest BCUT2D eigenvalue weighted by atomic mass is 10.1. The summed E-state index contributed by atoms with van der Waals surface area (Å²) in [5.74, 6) is -0.124. The van der Waals surface area contributed by atoms with E-state index in [0.717, 1.165) is 17.4 Å². The first-order chi connectivity index (χ1) is 16.9. The van der Waals surface area contributed by atoms with Crippen molar-refractivity contribution in [3.05, 3.63) is 82.2 Å². The molecule has 0 spiro atoms. The van der Waals surface area contributed by atoms with Crippen LogP contribution in [0.4, 0.5) is 10.1 Å². The minimum Gasteiger partial charge on any atom is -0.337 e. The molecular formula is C25H23FN6O3. The summed E-state index contributed by atoms with van der Waals surface area (Å²) in [4.78, 5) is 35.3. The van der Waals surface area contributed by atoms with E-state index < -0.39 is 11.7 Å². The van der Waals surface area contributed by atoms with Gasteiger partial charge < -0.3 is 14.4 Å². The highest BCUT2D eigenvalue weighted by atomic mass is 19.1. The van der Waals surface area contributed by atoms with E-state index in [2.05, 4.69) is 20.4 Å². The van der Waals surface area contributed by atoms with Crippen molar-refractivity contribution in [1.29, 1.82) is 0 Å². The van der Waals surface area contributed by atoms with Gasteiger partial charge in [-0.25, -0.2) is 9.37 Å². The van der Waals surface area contributed by atoms with Crippen LogP contribution >= 0.6 is 0 Å². The van der Waals surface area contributed by atoms with Gasteiger partial charge in [0.2, 0.25) is 11.8 Å². The molecule has 0 aliphatic carbocycles. The monoisotopic (exact) mass is 474 g/mol. The van der Waals surface area contributed by atoms with Crippen molar-refractivity contribution >= 4 is 33.5 Å². The Morgan fingerprint density at radius 3 is 2.83 bits per heavy atom. The van der Waals surface area contributed by atoms with E-state index in [1.54, 1.807) is 16.7 Å². The Morgan fingerprint density at radius 2 is 2.03 bits per heavy atom. The standard InChI is InChI=1S/C25H23FN6O3/c1-3-6-20-29-22(35-30-20)13-31-14-27-23-16-11-15(2)9-10-19(16)32(24(23)25(31)34)12-21(33)28-18-8-5-4-7-17(18)26/h4-5,7-11,14H,3,6,12-13H2,1-2H3,(H,28,33). The molecule has 178 valence electrons. The summed E-state index contributed by atoms with van der Waals surface area (Å²) >= 11 is 0. The maximum Gasteiger partial charge on any atom is 0.278 e. The Labute approximate surface area is 199 Å². The molecule has 1 amide bonds. The SMILES string of the molecule is CCCc1noc(Cn2cnc3c4cc(C)ccc4n(CC(=O)Nc4ccccc4F)c3c2=O)n1. The summed E-state index contributed by atoms with van der Waals surface area (Å²) in [7, 11) is 0. The number of anilines is 1. The van der Waals surface area contributed by atoms with Gasteiger partial charge in [0.1, 0.15) is 29.9 Å². The molecule has 5 rings (SSSR count). The van der Waals surface area contributed by atoms with Crippen molar-refractivity contribution in [2.24, 2.45) is 0 Å². The molecule has 5 aromatic rings. The number of hydrogen-bond acceptors (Lipinski definition) is 6. The van der Waals surface area contributed by atoms with E-state index >= 15 is 0 Å². The maximum atomic E-state index is 14.0. The molecule has 3 aromatic heterocycles. The van der Waals surface area contributed by atoms with E-state index in [4.69, 9.17) is 4.52 Å². The van der Waals surface area contributed by atoms with Crippen LogP contribution in [-0.4, -0.2) is 30.2 Å². The summed E-state index contributed by atoms with van der Waals surface area (Å²) in [6, 6.07) is 11.6. The normalized spacial score (nSPS) is 11.4.